The second kappa shape index (κ2) is 4.00. The average Bonchev–Trinajstić information content (AvgIpc) is 2.17. The number of rotatable bonds is 3. The van der Waals surface area contributed by atoms with Crippen molar-refractivity contribution in [2.45, 2.75) is 0 Å². The first-order chi connectivity index (χ1) is 6.19. The van der Waals surface area contributed by atoms with Crippen molar-refractivity contribution in [2.24, 2.45) is 0 Å². The lowest BCUT2D eigenvalue weighted by Crippen LogP contribution is -2.16. The summed E-state index contributed by atoms with van der Waals surface area (Å²) in [4.78, 5) is 5.01. The smallest absolute Gasteiger partial charge is 0.121 e. The van der Waals surface area contributed by atoms with Crippen molar-refractivity contribution in [3.8, 4) is 5.75 Å². The number of hydroxylamine groups is 1. The molecular formula is C9H14N2O2. The lowest BCUT2D eigenvalue weighted by Gasteiger charge is -2.18. The van der Waals surface area contributed by atoms with Gasteiger partial charge < -0.3 is 10.5 Å². The molecule has 0 amide bonds. The van der Waals surface area contributed by atoms with Gasteiger partial charge >= 0.3 is 0 Å². The highest BCUT2D eigenvalue weighted by molar-refractivity contribution is 5.68. The predicted molar refractivity (Wildman–Crippen MR) is 52.8 cm³/mol. The van der Waals surface area contributed by atoms with Crippen LogP contribution in [0.25, 0.3) is 0 Å². The van der Waals surface area contributed by atoms with Crippen LogP contribution in [-0.2, 0) is 4.84 Å². The van der Waals surface area contributed by atoms with Crippen LogP contribution in [0.5, 0.6) is 5.75 Å². The number of ether oxygens (including phenoxy) is 1. The van der Waals surface area contributed by atoms with E-state index in [2.05, 4.69) is 0 Å². The number of anilines is 2. The van der Waals surface area contributed by atoms with Gasteiger partial charge in [0.05, 0.1) is 25.6 Å². The molecule has 4 nitrogen and oxygen atoms in total. The molecule has 0 aromatic heterocycles. The van der Waals surface area contributed by atoms with E-state index < -0.39 is 0 Å². The van der Waals surface area contributed by atoms with Crippen LogP contribution in [0.4, 0.5) is 11.4 Å². The molecule has 1 aromatic carbocycles. The minimum atomic E-state index is 0.658. The molecule has 0 aliphatic heterocycles. The molecule has 0 bridgehead atoms. The summed E-state index contributed by atoms with van der Waals surface area (Å²) >= 11 is 0. The molecule has 4 heteroatoms. The van der Waals surface area contributed by atoms with E-state index in [4.69, 9.17) is 15.3 Å². The third kappa shape index (κ3) is 2.03. The minimum absolute atomic E-state index is 0.658. The monoisotopic (exact) mass is 182 g/mol. The van der Waals surface area contributed by atoms with Crippen LogP contribution < -0.4 is 15.5 Å². The molecule has 0 spiro atoms. The molecule has 0 unspecified atom stereocenters. The van der Waals surface area contributed by atoms with Crippen molar-refractivity contribution in [2.75, 3.05) is 32.1 Å². The zero-order valence-corrected chi connectivity index (χ0v) is 8.07. The van der Waals surface area contributed by atoms with E-state index in [1.807, 2.05) is 12.1 Å². The Morgan fingerprint density at radius 1 is 1.31 bits per heavy atom. The molecule has 1 aromatic rings. The van der Waals surface area contributed by atoms with Crippen LogP contribution in [0.1, 0.15) is 0 Å². The van der Waals surface area contributed by atoms with Crippen LogP contribution in [0.3, 0.4) is 0 Å². The van der Waals surface area contributed by atoms with Gasteiger partial charge in [-0.1, -0.05) is 0 Å². The van der Waals surface area contributed by atoms with Gasteiger partial charge in [0, 0.05) is 13.1 Å². The normalized spacial score (nSPS) is 9.77. The molecule has 0 radical (unpaired) electrons. The van der Waals surface area contributed by atoms with Crippen molar-refractivity contribution in [3.05, 3.63) is 18.2 Å². The average molecular weight is 182 g/mol. The van der Waals surface area contributed by atoms with Crippen LogP contribution in [0, 0.1) is 0 Å². The van der Waals surface area contributed by atoms with Gasteiger partial charge in [0.2, 0.25) is 0 Å². The summed E-state index contributed by atoms with van der Waals surface area (Å²) in [5, 5.41) is 1.58. The van der Waals surface area contributed by atoms with Crippen molar-refractivity contribution < 1.29 is 9.57 Å². The summed E-state index contributed by atoms with van der Waals surface area (Å²) < 4.78 is 5.07. The van der Waals surface area contributed by atoms with Gasteiger partial charge in [-0.3, -0.25) is 9.90 Å². The molecule has 0 aliphatic rings. The molecular weight excluding hydrogens is 168 g/mol. The molecule has 72 valence electrons. The maximum atomic E-state index is 5.74. The Hall–Kier alpha value is -1.42. The fourth-order valence-electron chi connectivity index (χ4n) is 1.02. The maximum Gasteiger partial charge on any atom is 0.121 e. The van der Waals surface area contributed by atoms with Gasteiger partial charge in [0.25, 0.3) is 0 Å². The van der Waals surface area contributed by atoms with Crippen LogP contribution in [-0.4, -0.2) is 21.3 Å². The molecule has 0 aliphatic carbocycles. The SMILES string of the molecule is COc1ccc(N)c(N(C)OC)c1. The molecule has 0 saturated heterocycles. The van der Waals surface area contributed by atoms with E-state index in [0.29, 0.717) is 5.69 Å². The first-order valence-electron chi connectivity index (χ1n) is 3.90. The van der Waals surface area contributed by atoms with E-state index in [9.17, 15) is 0 Å². The number of hydrogen-bond donors (Lipinski definition) is 1. The van der Waals surface area contributed by atoms with E-state index in [-0.39, 0.29) is 0 Å². The zero-order chi connectivity index (χ0) is 9.84. The number of nitrogens with two attached hydrogens (primary N) is 1. The Morgan fingerprint density at radius 2 is 2.00 bits per heavy atom. The number of benzene rings is 1. The Labute approximate surface area is 77.8 Å². The Morgan fingerprint density at radius 3 is 2.54 bits per heavy atom. The summed E-state index contributed by atoms with van der Waals surface area (Å²) in [6.07, 6.45) is 0. The third-order valence-corrected chi connectivity index (χ3v) is 1.85. The quantitative estimate of drug-likeness (QED) is 0.565. The van der Waals surface area contributed by atoms with Crippen LogP contribution in [0.2, 0.25) is 0 Å². The minimum Gasteiger partial charge on any atom is -0.497 e. The van der Waals surface area contributed by atoms with E-state index >= 15 is 0 Å². The highest BCUT2D eigenvalue weighted by Crippen LogP contribution is 2.26. The van der Waals surface area contributed by atoms with Gasteiger partial charge in [-0.15, -0.1) is 0 Å². The topological polar surface area (TPSA) is 47.7 Å². The Kier molecular flexibility index (Phi) is 2.97. The Bertz CT molecular complexity index is 289. The zero-order valence-electron chi connectivity index (χ0n) is 8.07. The standard InChI is InChI=1S/C9H14N2O2/c1-11(13-3)9-6-7(12-2)4-5-8(9)10/h4-6H,10H2,1-3H3. The number of hydrogen-bond acceptors (Lipinski definition) is 4. The third-order valence-electron chi connectivity index (χ3n) is 1.85. The Balaban J connectivity index is 3.03. The molecule has 1 rings (SSSR count). The summed E-state index contributed by atoms with van der Waals surface area (Å²) in [5.74, 6) is 0.758. The van der Waals surface area contributed by atoms with Crippen LogP contribution >= 0.6 is 0 Å². The van der Waals surface area contributed by atoms with Gasteiger partial charge in [0.1, 0.15) is 5.75 Å². The second-order valence-corrected chi connectivity index (χ2v) is 2.60. The van der Waals surface area contributed by atoms with Gasteiger partial charge in [0.15, 0.2) is 0 Å². The highest BCUT2D eigenvalue weighted by atomic mass is 16.7. The number of nitrogen functional groups attached to an aromatic ring is 1. The van der Waals surface area contributed by atoms with Crippen molar-refractivity contribution >= 4 is 11.4 Å². The van der Waals surface area contributed by atoms with Crippen molar-refractivity contribution in [1.82, 2.24) is 0 Å². The van der Waals surface area contributed by atoms with Crippen molar-refractivity contribution in [1.29, 1.82) is 0 Å². The molecule has 0 atom stereocenters. The molecule has 13 heavy (non-hydrogen) atoms. The maximum absolute atomic E-state index is 5.74. The first-order valence-corrected chi connectivity index (χ1v) is 3.90. The lowest BCUT2D eigenvalue weighted by molar-refractivity contribution is 0.185. The molecule has 0 fully saturated rings. The fourth-order valence-corrected chi connectivity index (χ4v) is 1.02. The summed E-state index contributed by atoms with van der Waals surface area (Å²) in [6, 6.07) is 5.41. The fraction of sp³-hybridized carbons (Fsp3) is 0.333. The second-order valence-electron chi connectivity index (χ2n) is 2.60. The van der Waals surface area contributed by atoms with Crippen LogP contribution in [0.15, 0.2) is 18.2 Å². The van der Waals surface area contributed by atoms with E-state index in [1.54, 1.807) is 32.4 Å². The summed E-state index contributed by atoms with van der Waals surface area (Å²) in [6.45, 7) is 0. The first kappa shape index (κ1) is 9.67. The predicted octanol–water partition coefficient (Wildman–Crippen LogP) is 1.27. The number of nitrogens with zero attached hydrogens (tertiary/aromatic N) is 1. The van der Waals surface area contributed by atoms with Gasteiger partial charge in [-0.25, -0.2) is 0 Å². The highest BCUT2D eigenvalue weighted by Gasteiger charge is 2.05. The van der Waals surface area contributed by atoms with Gasteiger partial charge in [-0.2, -0.15) is 0 Å². The van der Waals surface area contributed by atoms with E-state index in [1.165, 1.54) is 0 Å². The van der Waals surface area contributed by atoms with E-state index in [0.717, 1.165) is 11.4 Å². The van der Waals surface area contributed by atoms with Gasteiger partial charge in [-0.05, 0) is 12.1 Å². The molecule has 0 saturated carbocycles. The number of methoxy groups -OCH3 is 1. The lowest BCUT2D eigenvalue weighted by atomic mass is 10.2. The summed E-state index contributed by atoms with van der Waals surface area (Å²) in [5.41, 5.74) is 7.19. The van der Waals surface area contributed by atoms with Crippen molar-refractivity contribution in [3.63, 3.8) is 0 Å². The molecule has 2 N–H and O–H groups in total. The largest absolute Gasteiger partial charge is 0.497 e. The summed E-state index contributed by atoms with van der Waals surface area (Å²) in [7, 11) is 4.98. The molecule has 0 heterocycles.